The van der Waals surface area contributed by atoms with Gasteiger partial charge >= 0.3 is 0 Å². The van der Waals surface area contributed by atoms with Gasteiger partial charge in [-0.2, -0.15) is 0 Å². The summed E-state index contributed by atoms with van der Waals surface area (Å²) in [6.45, 7) is 11.4. The lowest BCUT2D eigenvalue weighted by atomic mass is 9.90. The van der Waals surface area contributed by atoms with Crippen molar-refractivity contribution >= 4 is 5.90 Å². The second-order valence-electron chi connectivity index (χ2n) is 7.34. The highest BCUT2D eigenvalue weighted by atomic mass is 16.5. The SMILES string of the molecule is CCCN(CC)CCCOc1ccc(C2=NC3(CCNCC3)CO2)cc1. The summed E-state index contributed by atoms with van der Waals surface area (Å²) in [6.07, 6.45) is 4.39. The summed E-state index contributed by atoms with van der Waals surface area (Å²) in [5.41, 5.74) is 1.05. The van der Waals surface area contributed by atoms with Gasteiger partial charge in [-0.25, -0.2) is 4.99 Å². The zero-order valence-electron chi connectivity index (χ0n) is 16.3. The van der Waals surface area contributed by atoms with Crippen LogP contribution in [0.2, 0.25) is 0 Å². The fourth-order valence-electron chi connectivity index (χ4n) is 3.69. The smallest absolute Gasteiger partial charge is 0.216 e. The summed E-state index contributed by atoms with van der Waals surface area (Å²) >= 11 is 0. The van der Waals surface area contributed by atoms with Crippen molar-refractivity contribution in [2.45, 2.75) is 45.1 Å². The highest BCUT2D eigenvalue weighted by Crippen LogP contribution is 2.30. The Labute approximate surface area is 157 Å². The minimum Gasteiger partial charge on any atom is -0.494 e. The number of ether oxygens (including phenoxy) is 2. The summed E-state index contributed by atoms with van der Waals surface area (Å²) in [4.78, 5) is 7.38. The molecule has 0 unspecified atom stereocenters. The van der Waals surface area contributed by atoms with E-state index in [4.69, 9.17) is 14.5 Å². The Morgan fingerprint density at radius 3 is 2.62 bits per heavy atom. The van der Waals surface area contributed by atoms with E-state index in [-0.39, 0.29) is 5.54 Å². The maximum atomic E-state index is 5.91. The Kier molecular flexibility index (Phi) is 6.92. The third-order valence-electron chi connectivity index (χ3n) is 5.33. The molecule has 0 saturated carbocycles. The van der Waals surface area contributed by atoms with Gasteiger partial charge in [-0.1, -0.05) is 13.8 Å². The van der Waals surface area contributed by atoms with Gasteiger partial charge in [-0.3, -0.25) is 0 Å². The lowest BCUT2D eigenvalue weighted by Gasteiger charge is -2.28. The van der Waals surface area contributed by atoms with Gasteiger partial charge in [0.1, 0.15) is 17.9 Å². The average molecular weight is 360 g/mol. The van der Waals surface area contributed by atoms with Crippen molar-refractivity contribution in [2.75, 3.05) is 45.9 Å². The van der Waals surface area contributed by atoms with Gasteiger partial charge in [-0.05, 0) is 76.1 Å². The molecule has 2 heterocycles. The number of hydrogen-bond acceptors (Lipinski definition) is 5. The molecule has 5 heteroatoms. The van der Waals surface area contributed by atoms with Crippen LogP contribution < -0.4 is 10.1 Å². The largest absolute Gasteiger partial charge is 0.494 e. The summed E-state index contributed by atoms with van der Waals surface area (Å²) in [6, 6.07) is 8.17. The molecule has 1 N–H and O–H groups in total. The fraction of sp³-hybridized carbons (Fsp3) is 0.667. The molecule has 3 rings (SSSR count). The van der Waals surface area contributed by atoms with Crippen LogP contribution in [-0.2, 0) is 4.74 Å². The number of nitrogens with zero attached hydrogens (tertiary/aromatic N) is 2. The first-order valence-electron chi connectivity index (χ1n) is 10.1. The quantitative estimate of drug-likeness (QED) is 0.688. The molecular weight excluding hydrogens is 326 g/mol. The molecule has 1 spiro atoms. The van der Waals surface area contributed by atoms with Crippen molar-refractivity contribution in [1.82, 2.24) is 10.2 Å². The minimum absolute atomic E-state index is 0.000600. The molecule has 5 nitrogen and oxygen atoms in total. The lowest BCUT2D eigenvalue weighted by Crippen LogP contribution is -2.41. The number of nitrogens with one attached hydrogen (secondary N) is 1. The zero-order chi connectivity index (χ0) is 18.2. The van der Waals surface area contributed by atoms with Crippen molar-refractivity contribution in [2.24, 2.45) is 4.99 Å². The van der Waals surface area contributed by atoms with Crippen molar-refractivity contribution in [3.05, 3.63) is 29.8 Å². The van der Waals surface area contributed by atoms with Crippen LogP contribution in [0.25, 0.3) is 0 Å². The zero-order valence-corrected chi connectivity index (χ0v) is 16.3. The molecule has 2 aliphatic rings. The maximum Gasteiger partial charge on any atom is 0.216 e. The molecular formula is C21H33N3O2. The van der Waals surface area contributed by atoms with E-state index < -0.39 is 0 Å². The molecule has 0 aliphatic carbocycles. The van der Waals surface area contributed by atoms with Crippen LogP contribution in [0.4, 0.5) is 0 Å². The Morgan fingerprint density at radius 2 is 1.92 bits per heavy atom. The highest BCUT2D eigenvalue weighted by molar-refractivity contribution is 5.95. The molecule has 0 bridgehead atoms. The highest BCUT2D eigenvalue weighted by Gasteiger charge is 2.37. The van der Waals surface area contributed by atoms with Gasteiger partial charge in [0.05, 0.1) is 6.61 Å². The van der Waals surface area contributed by atoms with E-state index in [0.717, 1.165) is 69.3 Å². The molecule has 1 aromatic carbocycles. The van der Waals surface area contributed by atoms with E-state index in [1.54, 1.807) is 0 Å². The van der Waals surface area contributed by atoms with Gasteiger partial charge in [0.2, 0.25) is 5.90 Å². The molecule has 0 radical (unpaired) electrons. The number of hydrogen-bond donors (Lipinski definition) is 1. The predicted molar refractivity (Wildman–Crippen MR) is 106 cm³/mol. The van der Waals surface area contributed by atoms with E-state index in [9.17, 15) is 0 Å². The third kappa shape index (κ3) is 4.98. The molecule has 0 atom stereocenters. The molecule has 1 saturated heterocycles. The van der Waals surface area contributed by atoms with E-state index in [1.165, 1.54) is 13.0 Å². The molecule has 144 valence electrons. The minimum atomic E-state index is -0.000600. The van der Waals surface area contributed by atoms with E-state index >= 15 is 0 Å². The second kappa shape index (κ2) is 9.38. The van der Waals surface area contributed by atoms with E-state index in [0.29, 0.717) is 6.61 Å². The molecule has 1 fully saturated rings. The topological polar surface area (TPSA) is 46.1 Å². The molecule has 0 amide bonds. The second-order valence-corrected chi connectivity index (χ2v) is 7.34. The van der Waals surface area contributed by atoms with Gasteiger partial charge in [0, 0.05) is 12.1 Å². The van der Waals surface area contributed by atoms with Crippen molar-refractivity contribution < 1.29 is 9.47 Å². The van der Waals surface area contributed by atoms with E-state index in [2.05, 4.69) is 36.2 Å². The fourth-order valence-corrected chi connectivity index (χ4v) is 3.69. The maximum absolute atomic E-state index is 5.91. The van der Waals surface area contributed by atoms with Gasteiger partial charge in [-0.15, -0.1) is 0 Å². The number of aliphatic imine (C=N–C) groups is 1. The van der Waals surface area contributed by atoms with Crippen LogP contribution in [0.5, 0.6) is 5.75 Å². The Morgan fingerprint density at radius 1 is 1.15 bits per heavy atom. The van der Waals surface area contributed by atoms with Crippen LogP contribution in [0.1, 0.15) is 45.1 Å². The number of benzene rings is 1. The van der Waals surface area contributed by atoms with Crippen LogP contribution >= 0.6 is 0 Å². The van der Waals surface area contributed by atoms with Gasteiger partial charge in [0.15, 0.2) is 0 Å². The first kappa shape index (κ1) is 19.2. The third-order valence-corrected chi connectivity index (χ3v) is 5.33. The van der Waals surface area contributed by atoms with Crippen molar-refractivity contribution in [3.8, 4) is 5.75 Å². The van der Waals surface area contributed by atoms with Crippen LogP contribution in [0.3, 0.4) is 0 Å². The van der Waals surface area contributed by atoms with Crippen molar-refractivity contribution in [1.29, 1.82) is 0 Å². The number of piperidine rings is 1. The van der Waals surface area contributed by atoms with Gasteiger partial charge in [0.25, 0.3) is 0 Å². The standard InChI is InChI=1S/C21H33N3O2/c1-3-14-24(4-2)15-5-16-25-19-8-6-18(7-9-19)20-23-21(17-26-20)10-12-22-13-11-21/h6-9,22H,3-5,10-17H2,1-2H3. The van der Waals surface area contributed by atoms with Crippen molar-refractivity contribution in [3.63, 3.8) is 0 Å². The average Bonchev–Trinajstić information content (AvgIpc) is 3.08. The first-order chi connectivity index (χ1) is 12.7. The monoisotopic (exact) mass is 359 g/mol. The Hall–Kier alpha value is -1.59. The summed E-state index contributed by atoms with van der Waals surface area (Å²) in [5, 5.41) is 3.40. The summed E-state index contributed by atoms with van der Waals surface area (Å²) < 4.78 is 11.8. The summed E-state index contributed by atoms with van der Waals surface area (Å²) in [7, 11) is 0. The molecule has 2 aliphatic heterocycles. The van der Waals surface area contributed by atoms with Crippen LogP contribution in [0, 0.1) is 0 Å². The Bertz CT molecular complexity index is 579. The summed E-state index contributed by atoms with van der Waals surface area (Å²) in [5.74, 6) is 1.71. The number of rotatable bonds is 9. The van der Waals surface area contributed by atoms with Crippen LogP contribution in [0.15, 0.2) is 29.3 Å². The normalized spacial score (nSPS) is 18.8. The lowest BCUT2D eigenvalue weighted by molar-refractivity contribution is 0.215. The van der Waals surface area contributed by atoms with E-state index in [1.807, 2.05) is 12.1 Å². The molecule has 0 aromatic heterocycles. The Balaban J connectivity index is 1.47. The molecule has 1 aromatic rings. The molecule has 26 heavy (non-hydrogen) atoms. The predicted octanol–water partition coefficient (Wildman–Crippen LogP) is 3.09. The first-order valence-corrected chi connectivity index (χ1v) is 10.1. The van der Waals surface area contributed by atoms with Crippen LogP contribution in [-0.4, -0.2) is 62.3 Å². The van der Waals surface area contributed by atoms with Gasteiger partial charge < -0.3 is 19.7 Å².